The largest absolute Gasteiger partial charge is 0.497 e. The molecule has 0 fully saturated rings. The van der Waals surface area contributed by atoms with E-state index in [0.29, 0.717) is 17.9 Å². The van der Waals surface area contributed by atoms with Gasteiger partial charge in [0, 0.05) is 16.7 Å². The first kappa shape index (κ1) is 12.9. The lowest BCUT2D eigenvalue weighted by Crippen LogP contribution is -2.25. The van der Waals surface area contributed by atoms with Crippen molar-refractivity contribution < 1.29 is 9.53 Å². The molecule has 0 radical (unpaired) electrons. The molecule has 0 aromatic heterocycles. The molecule has 1 N–H and O–H groups in total. The summed E-state index contributed by atoms with van der Waals surface area (Å²) in [5.41, 5.74) is 8.94. The van der Waals surface area contributed by atoms with Crippen LogP contribution in [0.3, 0.4) is 0 Å². The topological polar surface area (TPSA) is 87.1 Å². The second kappa shape index (κ2) is 6.40. The standard InChI is InChI=1S/C11H14N4O2/c1-3-10(14-15-12)11(16)13-8-5-4-6-9(7-8)17-2/h4-7,10H,3H2,1-2H3,(H,13,16). The van der Waals surface area contributed by atoms with Gasteiger partial charge >= 0.3 is 0 Å². The van der Waals surface area contributed by atoms with E-state index < -0.39 is 6.04 Å². The van der Waals surface area contributed by atoms with Gasteiger partial charge in [0.1, 0.15) is 11.8 Å². The lowest BCUT2D eigenvalue weighted by Gasteiger charge is -2.10. The third kappa shape index (κ3) is 3.70. The van der Waals surface area contributed by atoms with Crippen molar-refractivity contribution in [1.29, 1.82) is 0 Å². The Labute approximate surface area is 99.2 Å². The van der Waals surface area contributed by atoms with Crippen LogP contribution in [0.1, 0.15) is 13.3 Å². The molecule has 0 spiro atoms. The maximum absolute atomic E-state index is 11.7. The molecule has 0 aliphatic rings. The van der Waals surface area contributed by atoms with Crippen molar-refractivity contribution in [3.05, 3.63) is 34.7 Å². The Balaban J connectivity index is 2.75. The molecule has 1 unspecified atom stereocenters. The SMILES string of the molecule is CCC(N=[N+]=[N-])C(=O)Nc1cccc(OC)c1. The molecule has 1 aromatic carbocycles. The Morgan fingerprint density at radius 3 is 3.00 bits per heavy atom. The number of amides is 1. The van der Waals surface area contributed by atoms with Crippen LogP contribution in [0.5, 0.6) is 5.75 Å². The van der Waals surface area contributed by atoms with Crippen LogP contribution in [-0.2, 0) is 4.79 Å². The smallest absolute Gasteiger partial charge is 0.233 e. The fraction of sp³-hybridized carbons (Fsp3) is 0.364. The molecule has 90 valence electrons. The van der Waals surface area contributed by atoms with Crippen LogP contribution in [-0.4, -0.2) is 19.1 Å². The molecule has 0 aliphatic carbocycles. The fourth-order valence-electron chi connectivity index (χ4n) is 1.31. The molecule has 0 saturated carbocycles. The van der Waals surface area contributed by atoms with E-state index in [9.17, 15) is 4.79 Å². The average Bonchev–Trinajstić information content (AvgIpc) is 2.36. The molecule has 1 rings (SSSR count). The quantitative estimate of drug-likeness (QED) is 0.482. The monoisotopic (exact) mass is 234 g/mol. The Hall–Kier alpha value is -2.20. The summed E-state index contributed by atoms with van der Waals surface area (Å²) in [5.74, 6) is 0.332. The maximum Gasteiger partial charge on any atom is 0.233 e. The molecule has 1 atom stereocenters. The van der Waals surface area contributed by atoms with Crippen molar-refractivity contribution in [2.75, 3.05) is 12.4 Å². The van der Waals surface area contributed by atoms with E-state index in [-0.39, 0.29) is 5.91 Å². The van der Waals surface area contributed by atoms with E-state index in [1.54, 1.807) is 38.3 Å². The second-order valence-electron chi connectivity index (χ2n) is 3.35. The third-order valence-corrected chi connectivity index (χ3v) is 2.22. The first-order chi connectivity index (χ1) is 8.21. The van der Waals surface area contributed by atoms with Gasteiger partial charge in [0.05, 0.1) is 7.11 Å². The number of ether oxygens (including phenoxy) is 1. The summed E-state index contributed by atoms with van der Waals surface area (Å²) < 4.78 is 5.04. The van der Waals surface area contributed by atoms with Crippen molar-refractivity contribution >= 4 is 11.6 Å². The van der Waals surface area contributed by atoms with Crippen LogP contribution in [0.4, 0.5) is 5.69 Å². The first-order valence-corrected chi connectivity index (χ1v) is 5.20. The van der Waals surface area contributed by atoms with Crippen molar-refractivity contribution in [2.45, 2.75) is 19.4 Å². The van der Waals surface area contributed by atoms with E-state index in [0.717, 1.165) is 0 Å². The normalized spacial score (nSPS) is 11.2. The lowest BCUT2D eigenvalue weighted by molar-refractivity contribution is -0.117. The van der Waals surface area contributed by atoms with E-state index in [1.807, 2.05) is 0 Å². The summed E-state index contributed by atoms with van der Waals surface area (Å²) in [7, 11) is 1.55. The number of carbonyl (C=O) groups excluding carboxylic acids is 1. The zero-order valence-electron chi connectivity index (χ0n) is 9.75. The zero-order chi connectivity index (χ0) is 12.7. The molecule has 17 heavy (non-hydrogen) atoms. The fourth-order valence-corrected chi connectivity index (χ4v) is 1.31. The van der Waals surface area contributed by atoms with Crippen LogP contribution >= 0.6 is 0 Å². The highest BCUT2D eigenvalue weighted by molar-refractivity contribution is 5.95. The average molecular weight is 234 g/mol. The van der Waals surface area contributed by atoms with Gasteiger partial charge in [0.15, 0.2) is 0 Å². The highest BCUT2D eigenvalue weighted by atomic mass is 16.5. The molecule has 1 amide bonds. The Bertz CT molecular complexity index is 441. The van der Waals surface area contributed by atoms with Gasteiger partial charge in [-0.25, -0.2) is 0 Å². The number of rotatable bonds is 5. The predicted molar refractivity (Wildman–Crippen MR) is 64.8 cm³/mol. The summed E-state index contributed by atoms with van der Waals surface area (Å²) in [6.07, 6.45) is 0.458. The minimum absolute atomic E-state index is 0.321. The number of hydrogen-bond donors (Lipinski definition) is 1. The van der Waals surface area contributed by atoms with Gasteiger partial charge in [0.25, 0.3) is 0 Å². The highest BCUT2D eigenvalue weighted by Gasteiger charge is 2.14. The Morgan fingerprint density at radius 1 is 1.65 bits per heavy atom. The van der Waals surface area contributed by atoms with E-state index >= 15 is 0 Å². The molecular weight excluding hydrogens is 220 g/mol. The van der Waals surface area contributed by atoms with Gasteiger partial charge in [-0.3, -0.25) is 4.79 Å². The number of nitrogens with one attached hydrogen (secondary N) is 1. The van der Waals surface area contributed by atoms with Crippen molar-refractivity contribution in [3.8, 4) is 5.75 Å². The lowest BCUT2D eigenvalue weighted by atomic mass is 10.2. The third-order valence-electron chi connectivity index (χ3n) is 2.22. The summed E-state index contributed by atoms with van der Waals surface area (Å²) in [6.45, 7) is 1.78. The van der Waals surface area contributed by atoms with Crippen LogP contribution in [0.25, 0.3) is 10.4 Å². The number of carbonyl (C=O) groups is 1. The maximum atomic E-state index is 11.7. The predicted octanol–water partition coefficient (Wildman–Crippen LogP) is 2.72. The van der Waals surface area contributed by atoms with Crippen LogP contribution in [0.15, 0.2) is 29.4 Å². The molecule has 0 aliphatic heterocycles. The minimum Gasteiger partial charge on any atom is -0.497 e. The molecule has 0 bridgehead atoms. The number of azide groups is 1. The first-order valence-electron chi connectivity index (χ1n) is 5.20. The Morgan fingerprint density at radius 2 is 2.41 bits per heavy atom. The molecule has 0 heterocycles. The van der Waals surface area contributed by atoms with E-state index in [2.05, 4.69) is 15.3 Å². The number of anilines is 1. The summed E-state index contributed by atoms with van der Waals surface area (Å²) in [5, 5.41) is 6.09. The van der Waals surface area contributed by atoms with Gasteiger partial charge in [0.2, 0.25) is 5.91 Å². The number of nitrogens with zero attached hydrogens (tertiary/aromatic N) is 3. The highest BCUT2D eigenvalue weighted by Crippen LogP contribution is 2.17. The Kier molecular flexibility index (Phi) is 4.84. The van der Waals surface area contributed by atoms with E-state index in [4.69, 9.17) is 10.3 Å². The number of hydrogen-bond acceptors (Lipinski definition) is 3. The summed E-state index contributed by atoms with van der Waals surface area (Å²) >= 11 is 0. The van der Waals surface area contributed by atoms with Gasteiger partial charge in [-0.2, -0.15) is 0 Å². The van der Waals surface area contributed by atoms with Gasteiger partial charge in [-0.15, -0.1) is 0 Å². The molecule has 1 aromatic rings. The molecule has 0 saturated heterocycles. The van der Waals surface area contributed by atoms with Crippen LogP contribution < -0.4 is 10.1 Å². The molecule has 6 nitrogen and oxygen atoms in total. The summed E-state index contributed by atoms with van der Waals surface area (Å²) in [6, 6.07) is 6.29. The van der Waals surface area contributed by atoms with Gasteiger partial charge in [-0.1, -0.05) is 18.1 Å². The number of benzene rings is 1. The summed E-state index contributed by atoms with van der Waals surface area (Å²) in [4.78, 5) is 14.4. The molecular formula is C11H14N4O2. The van der Waals surface area contributed by atoms with Gasteiger partial charge in [-0.05, 0) is 24.1 Å². The van der Waals surface area contributed by atoms with Crippen LogP contribution in [0, 0.1) is 0 Å². The molecule has 6 heteroatoms. The van der Waals surface area contributed by atoms with Crippen molar-refractivity contribution in [3.63, 3.8) is 0 Å². The number of methoxy groups -OCH3 is 1. The second-order valence-corrected chi connectivity index (χ2v) is 3.35. The minimum atomic E-state index is -0.689. The zero-order valence-corrected chi connectivity index (χ0v) is 9.75. The van der Waals surface area contributed by atoms with Crippen molar-refractivity contribution in [1.82, 2.24) is 0 Å². The van der Waals surface area contributed by atoms with Crippen molar-refractivity contribution in [2.24, 2.45) is 5.11 Å². The van der Waals surface area contributed by atoms with Crippen LogP contribution in [0.2, 0.25) is 0 Å². The van der Waals surface area contributed by atoms with E-state index in [1.165, 1.54) is 0 Å². The van der Waals surface area contributed by atoms with Gasteiger partial charge < -0.3 is 10.1 Å².